The van der Waals surface area contributed by atoms with Gasteiger partial charge >= 0.3 is 0 Å². The fourth-order valence-electron chi connectivity index (χ4n) is 4.06. The first-order valence-electron chi connectivity index (χ1n) is 10.8. The summed E-state index contributed by atoms with van der Waals surface area (Å²) in [5, 5.41) is 0.481. The first-order chi connectivity index (χ1) is 16.5. The van der Waals surface area contributed by atoms with Crippen molar-refractivity contribution in [1.29, 1.82) is 0 Å². The van der Waals surface area contributed by atoms with E-state index < -0.39 is 6.04 Å². The quantitative estimate of drug-likeness (QED) is 0.451. The van der Waals surface area contributed by atoms with E-state index in [-0.39, 0.29) is 18.3 Å². The molecule has 5 rings (SSSR count). The van der Waals surface area contributed by atoms with Crippen LogP contribution in [0.5, 0.6) is 17.2 Å². The third-order valence-electron chi connectivity index (χ3n) is 6.02. The molecular weight excluding hydrogens is 434 g/mol. The van der Waals surface area contributed by atoms with Crippen molar-refractivity contribution in [2.24, 2.45) is 0 Å². The van der Waals surface area contributed by atoms with Crippen molar-refractivity contribution < 1.29 is 19.0 Å². The molecule has 0 saturated heterocycles. The Balaban J connectivity index is 1.63. The van der Waals surface area contributed by atoms with Gasteiger partial charge in [-0.2, -0.15) is 0 Å². The van der Waals surface area contributed by atoms with E-state index in [0.29, 0.717) is 45.2 Å². The third kappa shape index (κ3) is 3.53. The fraction of sp³-hybridized carbons (Fsp3) is 0.192. The Kier molecular flexibility index (Phi) is 5.41. The van der Waals surface area contributed by atoms with Crippen molar-refractivity contribution in [3.05, 3.63) is 88.5 Å². The summed E-state index contributed by atoms with van der Waals surface area (Å²) in [6, 6.07) is 18.9. The summed E-state index contributed by atoms with van der Waals surface area (Å²) in [7, 11) is 3.24. The van der Waals surface area contributed by atoms with Crippen LogP contribution < -0.4 is 19.8 Å². The third-order valence-corrected chi connectivity index (χ3v) is 6.02. The first kappa shape index (κ1) is 21.5. The molecule has 8 heteroatoms. The normalized spacial score (nSPS) is 13.0. The van der Waals surface area contributed by atoms with Crippen LogP contribution in [0.4, 0.5) is 0 Å². The lowest BCUT2D eigenvalue weighted by Gasteiger charge is -2.27. The molecule has 0 fully saturated rings. The van der Waals surface area contributed by atoms with Crippen LogP contribution in [0, 0.1) is 0 Å². The summed E-state index contributed by atoms with van der Waals surface area (Å²) < 4.78 is 17.8. The summed E-state index contributed by atoms with van der Waals surface area (Å²) in [5.74, 6) is 1.85. The SMILES string of the molecule is COc1ccccc1-n1c(C(C)N(C)C(=O)c2ccc3c(c2)OCO3)nc2ccccc2c1=O. The van der Waals surface area contributed by atoms with E-state index in [1.54, 1.807) is 67.6 Å². The number of methoxy groups -OCH3 is 1. The van der Waals surface area contributed by atoms with Crippen molar-refractivity contribution in [3.63, 3.8) is 0 Å². The highest BCUT2D eigenvalue weighted by atomic mass is 16.7. The van der Waals surface area contributed by atoms with Gasteiger partial charge in [0.25, 0.3) is 11.5 Å². The lowest BCUT2D eigenvalue weighted by atomic mass is 10.1. The molecule has 1 amide bonds. The van der Waals surface area contributed by atoms with E-state index in [2.05, 4.69) is 0 Å². The summed E-state index contributed by atoms with van der Waals surface area (Å²) >= 11 is 0. The van der Waals surface area contributed by atoms with Crippen molar-refractivity contribution in [1.82, 2.24) is 14.5 Å². The van der Waals surface area contributed by atoms with Gasteiger partial charge in [0.05, 0.1) is 29.7 Å². The average Bonchev–Trinajstić information content (AvgIpc) is 3.35. The molecule has 0 bridgehead atoms. The van der Waals surface area contributed by atoms with Gasteiger partial charge < -0.3 is 19.1 Å². The van der Waals surface area contributed by atoms with Gasteiger partial charge in [0, 0.05) is 12.6 Å². The first-order valence-corrected chi connectivity index (χ1v) is 10.8. The molecule has 34 heavy (non-hydrogen) atoms. The van der Waals surface area contributed by atoms with Gasteiger partial charge in [-0.15, -0.1) is 0 Å². The second kappa shape index (κ2) is 8.55. The van der Waals surface area contributed by atoms with Crippen molar-refractivity contribution in [2.75, 3.05) is 21.0 Å². The zero-order chi connectivity index (χ0) is 23.8. The molecule has 1 aromatic heterocycles. The summed E-state index contributed by atoms with van der Waals surface area (Å²) in [4.78, 5) is 33.4. The molecule has 0 saturated carbocycles. The molecule has 1 aliphatic rings. The Labute approximate surface area is 195 Å². The van der Waals surface area contributed by atoms with Crippen LogP contribution in [-0.4, -0.2) is 41.3 Å². The maximum atomic E-state index is 13.6. The molecule has 1 aliphatic heterocycles. The van der Waals surface area contributed by atoms with Crippen molar-refractivity contribution in [2.45, 2.75) is 13.0 Å². The van der Waals surface area contributed by atoms with Crippen molar-refractivity contribution in [3.8, 4) is 22.9 Å². The van der Waals surface area contributed by atoms with Crippen LogP contribution in [0.3, 0.4) is 0 Å². The van der Waals surface area contributed by atoms with Crippen LogP contribution >= 0.6 is 0 Å². The molecule has 0 radical (unpaired) electrons. The Morgan fingerprint density at radius 1 is 1.06 bits per heavy atom. The Morgan fingerprint density at radius 3 is 2.62 bits per heavy atom. The highest BCUT2D eigenvalue weighted by Gasteiger charge is 2.27. The van der Waals surface area contributed by atoms with Crippen LogP contribution in [0.1, 0.15) is 29.1 Å². The number of carbonyl (C=O) groups is 1. The Hall–Kier alpha value is -4.33. The molecule has 172 valence electrons. The number of para-hydroxylation sites is 3. The van der Waals surface area contributed by atoms with E-state index in [1.165, 1.54) is 4.57 Å². The van der Waals surface area contributed by atoms with E-state index in [4.69, 9.17) is 19.2 Å². The molecule has 3 aromatic carbocycles. The lowest BCUT2D eigenvalue weighted by Crippen LogP contribution is -2.35. The maximum absolute atomic E-state index is 13.6. The fourth-order valence-corrected chi connectivity index (χ4v) is 4.06. The predicted molar refractivity (Wildman–Crippen MR) is 127 cm³/mol. The Bertz CT molecular complexity index is 1460. The van der Waals surface area contributed by atoms with Gasteiger partial charge in [-0.3, -0.25) is 14.2 Å². The number of carbonyl (C=O) groups excluding carboxylic acids is 1. The molecule has 0 N–H and O–H groups in total. The van der Waals surface area contributed by atoms with Gasteiger partial charge in [-0.1, -0.05) is 24.3 Å². The van der Waals surface area contributed by atoms with E-state index >= 15 is 0 Å². The number of nitrogens with zero attached hydrogens (tertiary/aromatic N) is 3. The second-order valence-corrected chi connectivity index (χ2v) is 7.96. The zero-order valence-corrected chi connectivity index (χ0v) is 19.0. The molecule has 1 atom stereocenters. The number of rotatable bonds is 5. The predicted octanol–water partition coefficient (Wildman–Crippen LogP) is 3.96. The van der Waals surface area contributed by atoms with Gasteiger partial charge in [-0.25, -0.2) is 4.98 Å². The molecule has 4 aromatic rings. The molecular formula is C26H23N3O5. The smallest absolute Gasteiger partial charge is 0.266 e. The van der Waals surface area contributed by atoms with Gasteiger partial charge in [0.1, 0.15) is 11.6 Å². The number of ether oxygens (including phenoxy) is 3. The summed E-state index contributed by atoms with van der Waals surface area (Å²) in [5.41, 5.74) is 1.33. The highest BCUT2D eigenvalue weighted by molar-refractivity contribution is 5.95. The maximum Gasteiger partial charge on any atom is 0.266 e. The number of amides is 1. The highest BCUT2D eigenvalue weighted by Crippen LogP contribution is 2.34. The minimum Gasteiger partial charge on any atom is -0.495 e. The van der Waals surface area contributed by atoms with Gasteiger partial charge in [0.2, 0.25) is 6.79 Å². The summed E-state index contributed by atoms with van der Waals surface area (Å²) in [6.07, 6.45) is 0. The van der Waals surface area contributed by atoms with Crippen molar-refractivity contribution >= 4 is 16.8 Å². The second-order valence-electron chi connectivity index (χ2n) is 7.96. The van der Waals surface area contributed by atoms with Crippen LogP contribution in [0.2, 0.25) is 0 Å². The molecule has 1 unspecified atom stereocenters. The standard InChI is InChI=1S/C26H23N3O5/c1-16(28(2)25(30)17-12-13-22-23(14-17)34-15-33-22)24-27-19-9-5-4-8-18(19)26(31)29(24)20-10-6-7-11-21(20)32-3/h4-14,16H,15H2,1-3H3. The van der Waals surface area contributed by atoms with E-state index in [1.807, 2.05) is 25.1 Å². The number of benzene rings is 3. The topological polar surface area (TPSA) is 82.9 Å². The average molecular weight is 457 g/mol. The molecule has 8 nitrogen and oxygen atoms in total. The van der Waals surface area contributed by atoms with Gasteiger partial charge in [0.15, 0.2) is 11.5 Å². The van der Waals surface area contributed by atoms with Gasteiger partial charge in [-0.05, 0) is 49.4 Å². The monoisotopic (exact) mass is 457 g/mol. The van der Waals surface area contributed by atoms with E-state index in [0.717, 1.165) is 0 Å². The zero-order valence-electron chi connectivity index (χ0n) is 19.0. The minimum absolute atomic E-state index is 0.130. The minimum atomic E-state index is -0.542. The number of hydrogen-bond acceptors (Lipinski definition) is 6. The lowest BCUT2D eigenvalue weighted by molar-refractivity contribution is 0.0734. The van der Waals surface area contributed by atoms with Crippen LogP contribution in [0.15, 0.2) is 71.5 Å². The Morgan fingerprint density at radius 2 is 1.79 bits per heavy atom. The molecule has 0 aliphatic carbocycles. The molecule has 2 heterocycles. The van der Waals surface area contributed by atoms with Crippen LogP contribution in [-0.2, 0) is 0 Å². The van der Waals surface area contributed by atoms with E-state index in [9.17, 15) is 9.59 Å². The number of hydrogen-bond donors (Lipinski definition) is 0. The largest absolute Gasteiger partial charge is 0.495 e. The number of aromatic nitrogens is 2. The summed E-state index contributed by atoms with van der Waals surface area (Å²) in [6.45, 7) is 1.97. The molecule has 0 spiro atoms. The number of fused-ring (bicyclic) bond motifs is 2. The van der Waals surface area contributed by atoms with Crippen LogP contribution in [0.25, 0.3) is 16.6 Å².